The van der Waals surface area contributed by atoms with Gasteiger partial charge in [0.1, 0.15) is 5.69 Å². The van der Waals surface area contributed by atoms with Crippen molar-refractivity contribution in [2.24, 2.45) is 0 Å². The fourth-order valence-corrected chi connectivity index (χ4v) is 3.95. The first-order valence-electron chi connectivity index (χ1n) is 9.02. The predicted octanol–water partition coefficient (Wildman–Crippen LogP) is 1.78. The summed E-state index contributed by atoms with van der Waals surface area (Å²) in [7, 11) is -3.23. The average Bonchev–Trinajstić information content (AvgIpc) is 2.65. The Bertz CT molecular complexity index is 908. The third kappa shape index (κ3) is 6.97. The fraction of sp³-hybridized carbons (Fsp3) is 0.421. The Morgan fingerprint density at radius 3 is 2.56 bits per heavy atom. The Morgan fingerprint density at radius 1 is 1.11 bits per heavy atom. The van der Waals surface area contributed by atoms with Crippen LogP contribution in [-0.4, -0.2) is 36.4 Å². The van der Waals surface area contributed by atoms with Gasteiger partial charge in [0.25, 0.3) is 11.5 Å². The molecule has 27 heavy (non-hydrogen) atoms. The summed E-state index contributed by atoms with van der Waals surface area (Å²) in [5.41, 5.74) is 0.657. The fourth-order valence-electron chi connectivity index (χ4n) is 2.52. The molecular weight excluding hydrogens is 366 g/mol. The number of carbonyl (C=O) groups excluding carboxylic acids is 1. The lowest BCUT2D eigenvalue weighted by Gasteiger charge is -2.08. The van der Waals surface area contributed by atoms with Gasteiger partial charge in [0.15, 0.2) is 9.84 Å². The molecule has 1 aromatic heterocycles. The first-order chi connectivity index (χ1) is 12.9. The van der Waals surface area contributed by atoms with Gasteiger partial charge in [-0.1, -0.05) is 43.7 Å². The van der Waals surface area contributed by atoms with Gasteiger partial charge in [-0.3, -0.25) is 9.59 Å². The molecule has 1 heterocycles. The van der Waals surface area contributed by atoms with Crippen molar-refractivity contribution >= 4 is 15.7 Å². The van der Waals surface area contributed by atoms with Crippen LogP contribution in [0.25, 0.3) is 0 Å². The number of hydrogen-bond acceptors (Lipinski definition) is 5. The van der Waals surface area contributed by atoms with Crippen LogP contribution in [-0.2, 0) is 22.1 Å². The number of rotatable bonds is 10. The minimum absolute atomic E-state index is 0.00820. The van der Waals surface area contributed by atoms with Crippen molar-refractivity contribution in [3.63, 3.8) is 0 Å². The smallest absolute Gasteiger partial charge is 0.271 e. The zero-order valence-corrected chi connectivity index (χ0v) is 16.2. The average molecular weight is 391 g/mol. The summed E-state index contributed by atoms with van der Waals surface area (Å²) in [5.74, 6) is -0.433. The quantitative estimate of drug-likeness (QED) is 0.623. The molecule has 0 atom stereocenters. The molecule has 7 nitrogen and oxygen atoms in total. The number of aromatic nitrogens is 2. The molecule has 0 spiro atoms. The second kappa shape index (κ2) is 10.0. The molecule has 1 aromatic carbocycles. The molecule has 146 valence electrons. The molecule has 1 amide bonds. The first kappa shape index (κ1) is 20.8. The second-order valence-corrected chi connectivity index (χ2v) is 8.50. The van der Waals surface area contributed by atoms with Gasteiger partial charge in [0.2, 0.25) is 0 Å². The lowest BCUT2D eigenvalue weighted by molar-refractivity contribution is 0.0946. The summed E-state index contributed by atoms with van der Waals surface area (Å²) in [6, 6.07) is 11.7. The lowest BCUT2D eigenvalue weighted by atomic mass is 10.2. The van der Waals surface area contributed by atoms with E-state index in [4.69, 9.17) is 0 Å². The first-order valence-corrected chi connectivity index (χ1v) is 10.8. The summed E-state index contributed by atoms with van der Waals surface area (Å²) in [6.07, 6.45) is 2.04. The van der Waals surface area contributed by atoms with Crippen molar-refractivity contribution in [3.8, 4) is 0 Å². The lowest BCUT2D eigenvalue weighted by Crippen LogP contribution is -2.30. The number of hydrogen-bond donors (Lipinski definition) is 1. The number of amides is 1. The summed E-state index contributed by atoms with van der Waals surface area (Å²) in [6.45, 7) is 2.70. The Morgan fingerprint density at radius 2 is 1.85 bits per heavy atom. The van der Waals surface area contributed by atoms with Crippen LogP contribution in [0.3, 0.4) is 0 Å². The van der Waals surface area contributed by atoms with Crippen LogP contribution in [0.1, 0.15) is 42.2 Å². The SMILES string of the molecule is CCCCn1nc(C(=O)NCCCS(=O)(=O)Cc2ccccc2)ccc1=O. The van der Waals surface area contributed by atoms with Crippen LogP contribution in [0.15, 0.2) is 47.3 Å². The highest BCUT2D eigenvalue weighted by atomic mass is 32.2. The van der Waals surface area contributed by atoms with Crippen molar-refractivity contribution in [2.45, 2.75) is 38.5 Å². The summed E-state index contributed by atoms with van der Waals surface area (Å²) < 4.78 is 25.5. The third-order valence-corrected chi connectivity index (χ3v) is 5.65. The van der Waals surface area contributed by atoms with E-state index < -0.39 is 15.7 Å². The van der Waals surface area contributed by atoms with E-state index >= 15 is 0 Å². The van der Waals surface area contributed by atoms with E-state index in [1.807, 2.05) is 13.0 Å². The third-order valence-electron chi connectivity index (χ3n) is 3.97. The van der Waals surface area contributed by atoms with Crippen LogP contribution in [0, 0.1) is 0 Å². The number of carbonyl (C=O) groups is 1. The second-order valence-electron chi connectivity index (χ2n) is 6.32. The molecule has 0 fully saturated rings. The highest BCUT2D eigenvalue weighted by Gasteiger charge is 2.13. The minimum atomic E-state index is -3.23. The molecule has 0 bridgehead atoms. The van der Waals surface area contributed by atoms with Gasteiger partial charge in [-0.05, 0) is 24.5 Å². The Hall–Kier alpha value is -2.48. The zero-order chi connectivity index (χ0) is 19.7. The molecule has 0 saturated heterocycles. The highest BCUT2D eigenvalue weighted by Crippen LogP contribution is 2.07. The van der Waals surface area contributed by atoms with E-state index in [0.29, 0.717) is 13.0 Å². The van der Waals surface area contributed by atoms with Gasteiger partial charge >= 0.3 is 0 Å². The highest BCUT2D eigenvalue weighted by molar-refractivity contribution is 7.90. The van der Waals surface area contributed by atoms with Crippen LogP contribution < -0.4 is 10.9 Å². The van der Waals surface area contributed by atoms with Crippen LogP contribution in [0.4, 0.5) is 0 Å². The number of nitrogens with zero attached hydrogens (tertiary/aromatic N) is 2. The zero-order valence-electron chi connectivity index (χ0n) is 15.4. The number of nitrogens with one attached hydrogen (secondary N) is 1. The van der Waals surface area contributed by atoms with E-state index in [1.54, 1.807) is 24.3 Å². The van der Waals surface area contributed by atoms with Crippen LogP contribution >= 0.6 is 0 Å². The van der Waals surface area contributed by atoms with E-state index in [9.17, 15) is 18.0 Å². The van der Waals surface area contributed by atoms with Gasteiger partial charge in [-0.25, -0.2) is 13.1 Å². The minimum Gasteiger partial charge on any atom is -0.351 e. The van der Waals surface area contributed by atoms with Crippen LogP contribution in [0.2, 0.25) is 0 Å². The molecule has 2 aromatic rings. The molecule has 0 aliphatic carbocycles. The number of aryl methyl sites for hydroxylation is 1. The van der Waals surface area contributed by atoms with Gasteiger partial charge in [-0.2, -0.15) is 5.10 Å². The van der Waals surface area contributed by atoms with Crippen molar-refractivity contribution < 1.29 is 13.2 Å². The molecule has 0 aliphatic heterocycles. The largest absolute Gasteiger partial charge is 0.351 e. The maximum Gasteiger partial charge on any atom is 0.271 e. The molecule has 2 rings (SSSR count). The van der Waals surface area contributed by atoms with Crippen LogP contribution in [0.5, 0.6) is 0 Å². The maximum absolute atomic E-state index is 12.2. The van der Waals surface area contributed by atoms with E-state index in [1.165, 1.54) is 16.8 Å². The van der Waals surface area contributed by atoms with E-state index in [2.05, 4.69) is 10.4 Å². The number of benzene rings is 1. The number of sulfone groups is 1. The predicted molar refractivity (Wildman–Crippen MR) is 104 cm³/mol. The molecular formula is C19H25N3O4S. The Labute approximate surface area is 159 Å². The summed E-state index contributed by atoms with van der Waals surface area (Å²) >= 11 is 0. The Balaban J connectivity index is 1.83. The van der Waals surface area contributed by atoms with Gasteiger partial charge < -0.3 is 5.32 Å². The van der Waals surface area contributed by atoms with Gasteiger partial charge in [-0.15, -0.1) is 0 Å². The molecule has 0 unspecified atom stereocenters. The van der Waals surface area contributed by atoms with Crippen molar-refractivity contribution in [1.82, 2.24) is 15.1 Å². The summed E-state index contributed by atoms with van der Waals surface area (Å²) in [5, 5.41) is 6.72. The molecule has 0 saturated carbocycles. The van der Waals surface area contributed by atoms with Gasteiger partial charge in [0.05, 0.1) is 11.5 Å². The molecule has 8 heteroatoms. The van der Waals surface area contributed by atoms with Gasteiger partial charge in [0, 0.05) is 19.2 Å². The van der Waals surface area contributed by atoms with Crippen molar-refractivity contribution in [2.75, 3.05) is 12.3 Å². The maximum atomic E-state index is 12.2. The topological polar surface area (TPSA) is 98.1 Å². The van der Waals surface area contributed by atoms with E-state index in [0.717, 1.165) is 18.4 Å². The number of unbranched alkanes of at least 4 members (excludes halogenated alkanes) is 1. The molecule has 1 N–H and O–H groups in total. The van der Waals surface area contributed by atoms with Crippen molar-refractivity contribution in [3.05, 3.63) is 64.1 Å². The van der Waals surface area contributed by atoms with Crippen molar-refractivity contribution in [1.29, 1.82) is 0 Å². The summed E-state index contributed by atoms with van der Waals surface area (Å²) in [4.78, 5) is 23.9. The monoisotopic (exact) mass is 391 g/mol. The molecule has 0 radical (unpaired) electrons. The normalized spacial score (nSPS) is 11.3. The standard InChI is InChI=1S/C19H25N3O4S/c1-2-3-13-22-18(23)11-10-17(21-22)19(24)20-12-7-14-27(25,26)15-16-8-5-4-6-9-16/h4-6,8-11H,2-3,7,12-15H2,1H3,(H,20,24). The Kier molecular flexibility index (Phi) is 7.72. The molecule has 0 aliphatic rings. The van der Waals surface area contributed by atoms with E-state index in [-0.39, 0.29) is 29.3 Å².